The van der Waals surface area contributed by atoms with Crippen LogP contribution in [0, 0.1) is 6.92 Å². The van der Waals surface area contributed by atoms with Crippen molar-refractivity contribution < 1.29 is 4.42 Å². The van der Waals surface area contributed by atoms with Crippen molar-refractivity contribution in [3.63, 3.8) is 0 Å². The first kappa shape index (κ1) is 13.1. The van der Waals surface area contributed by atoms with E-state index in [9.17, 15) is 0 Å². The van der Waals surface area contributed by atoms with Gasteiger partial charge in [0.15, 0.2) is 5.13 Å². The van der Waals surface area contributed by atoms with Gasteiger partial charge in [-0.15, -0.1) is 22.0 Å². The highest BCUT2D eigenvalue weighted by molar-refractivity contribution is 8.00. The molecule has 0 bridgehead atoms. The van der Waals surface area contributed by atoms with Crippen LogP contribution in [0.4, 0.5) is 5.13 Å². The van der Waals surface area contributed by atoms with E-state index in [1.807, 2.05) is 37.3 Å². The van der Waals surface area contributed by atoms with Crippen LogP contribution in [0.1, 0.15) is 11.6 Å². The lowest BCUT2D eigenvalue weighted by molar-refractivity contribution is 0.528. The molecule has 2 heterocycles. The van der Waals surface area contributed by atoms with Crippen molar-refractivity contribution in [2.24, 2.45) is 0 Å². The molecule has 0 aliphatic carbocycles. The topological polar surface area (TPSA) is 77.8 Å². The van der Waals surface area contributed by atoms with Crippen LogP contribution in [0.3, 0.4) is 0 Å². The first-order valence-electron chi connectivity index (χ1n) is 5.96. The number of thioether (sulfide) groups is 1. The highest BCUT2D eigenvalue weighted by atomic mass is 32.2. The zero-order valence-electron chi connectivity index (χ0n) is 10.7. The van der Waals surface area contributed by atoms with E-state index in [1.165, 1.54) is 11.3 Å². The SMILES string of the molecule is Cc1nc(N)sc1SCc1nnc(-c2ccccc2)o1. The molecule has 0 atom stereocenters. The van der Waals surface area contributed by atoms with Gasteiger partial charge in [-0.05, 0) is 19.1 Å². The van der Waals surface area contributed by atoms with Crippen molar-refractivity contribution in [1.29, 1.82) is 0 Å². The van der Waals surface area contributed by atoms with Gasteiger partial charge >= 0.3 is 0 Å². The zero-order valence-corrected chi connectivity index (χ0v) is 12.4. The number of rotatable bonds is 4. The van der Waals surface area contributed by atoms with Crippen molar-refractivity contribution >= 4 is 28.2 Å². The number of aromatic nitrogens is 3. The summed E-state index contributed by atoms with van der Waals surface area (Å²) < 4.78 is 6.73. The summed E-state index contributed by atoms with van der Waals surface area (Å²) in [6.45, 7) is 1.94. The standard InChI is InChI=1S/C13H12N4OS2/c1-8-12(20-13(14)15-8)19-7-10-16-17-11(18-10)9-5-3-2-4-6-9/h2-6H,7H2,1H3,(H2,14,15). The Hall–Kier alpha value is -1.86. The first-order valence-corrected chi connectivity index (χ1v) is 7.76. The minimum Gasteiger partial charge on any atom is -0.420 e. The number of nitrogen functional groups attached to an aromatic ring is 1. The number of hydrogen-bond donors (Lipinski definition) is 1. The second kappa shape index (κ2) is 5.64. The maximum Gasteiger partial charge on any atom is 0.247 e. The van der Waals surface area contributed by atoms with Crippen LogP contribution in [-0.2, 0) is 5.75 Å². The number of hydrogen-bond acceptors (Lipinski definition) is 7. The summed E-state index contributed by atoms with van der Waals surface area (Å²) in [4.78, 5) is 4.18. The molecule has 2 N–H and O–H groups in total. The summed E-state index contributed by atoms with van der Waals surface area (Å²) in [5, 5.41) is 8.70. The molecule has 0 saturated heterocycles. The van der Waals surface area contributed by atoms with Crippen molar-refractivity contribution in [2.75, 3.05) is 5.73 Å². The molecule has 3 rings (SSSR count). The molecule has 2 aromatic heterocycles. The molecular formula is C13H12N4OS2. The summed E-state index contributed by atoms with van der Waals surface area (Å²) >= 11 is 3.09. The third kappa shape index (κ3) is 2.83. The predicted octanol–water partition coefficient (Wildman–Crippen LogP) is 3.38. The molecular weight excluding hydrogens is 292 g/mol. The van der Waals surface area contributed by atoms with Gasteiger partial charge in [-0.3, -0.25) is 0 Å². The Morgan fingerprint density at radius 2 is 2.05 bits per heavy atom. The monoisotopic (exact) mass is 304 g/mol. The normalized spacial score (nSPS) is 10.8. The lowest BCUT2D eigenvalue weighted by atomic mass is 10.2. The van der Waals surface area contributed by atoms with Gasteiger partial charge in [0, 0.05) is 5.56 Å². The van der Waals surface area contributed by atoms with Gasteiger partial charge in [-0.25, -0.2) is 4.98 Å². The van der Waals surface area contributed by atoms with Crippen LogP contribution in [0.15, 0.2) is 39.0 Å². The van der Waals surface area contributed by atoms with Crippen LogP contribution in [0.2, 0.25) is 0 Å². The van der Waals surface area contributed by atoms with Gasteiger partial charge in [0.2, 0.25) is 11.8 Å². The Labute approximate surface area is 124 Å². The Morgan fingerprint density at radius 3 is 2.75 bits per heavy atom. The van der Waals surface area contributed by atoms with E-state index in [0.717, 1.165) is 15.5 Å². The van der Waals surface area contributed by atoms with Crippen LogP contribution in [0.5, 0.6) is 0 Å². The number of benzene rings is 1. The van der Waals surface area contributed by atoms with Gasteiger partial charge in [-0.1, -0.05) is 29.5 Å². The second-order valence-corrected chi connectivity index (χ2v) is 6.36. The van der Waals surface area contributed by atoms with Crippen LogP contribution in [0.25, 0.3) is 11.5 Å². The number of thiazole rings is 1. The largest absolute Gasteiger partial charge is 0.420 e. The van der Waals surface area contributed by atoms with Crippen LogP contribution >= 0.6 is 23.1 Å². The fraction of sp³-hybridized carbons (Fsp3) is 0.154. The van der Waals surface area contributed by atoms with E-state index in [4.69, 9.17) is 10.2 Å². The molecule has 1 aromatic carbocycles. The van der Waals surface area contributed by atoms with E-state index in [0.29, 0.717) is 22.7 Å². The van der Waals surface area contributed by atoms with Gasteiger partial charge < -0.3 is 10.2 Å². The summed E-state index contributed by atoms with van der Waals surface area (Å²) in [7, 11) is 0. The van der Waals surface area contributed by atoms with E-state index in [-0.39, 0.29) is 0 Å². The van der Waals surface area contributed by atoms with Gasteiger partial charge in [0.1, 0.15) is 0 Å². The summed E-state index contributed by atoms with van der Waals surface area (Å²) in [6.07, 6.45) is 0. The number of aryl methyl sites for hydroxylation is 1. The Balaban J connectivity index is 1.70. The van der Waals surface area contributed by atoms with Crippen molar-refractivity contribution in [3.8, 4) is 11.5 Å². The van der Waals surface area contributed by atoms with E-state index < -0.39 is 0 Å². The number of nitrogens with zero attached hydrogens (tertiary/aromatic N) is 3. The summed E-state index contributed by atoms with van der Waals surface area (Å²) in [5.41, 5.74) is 7.54. The van der Waals surface area contributed by atoms with Gasteiger partial charge in [0.25, 0.3) is 0 Å². The predicted molar refractivity (Wildman–Crippen MR) is 80.6 cm³/mol. The molecule has 0 amide bonds. The Kier molecular flexibility index (Phi) is 3.70. The van der Waals surface area contributed by atoms with Gasteiger partial charge in [0.05, 0.1) is 15.7 Å². The number of nitrogens with two attached hydrogens (primary N) is 1. The molecule has 0 saturated carbocycles. The van der Waals surface area contributed by atoms with E-state index in [1.54, 1.807) is 11.8 Å². The van der Waals surface area contributed by atoms with Crippen LogP contribution < -0.4 is 5.73 Å². The lowest BCUT2D eigenvalue weighted by Gasteiger charge is -1.95. The molecule has 0 unspecified atom stereocenters. The van der Waals surface area contributed by atoms with Gasteiger partial charge in [-0.2, -0.15) is 0 Å². The Morgan fingerprint density at radius 1 is 1.25 bits per heavy atom. The Bertz CT molecular complexity index is 708. The van der Waals surface area contributed by atoms with Crippen molar-refractivity contribution in [2.45, 2.75) is 16.9 Å². The quantitative estimate of drug-likeness (QED) is 0.744. The van der Waals surface area contributed by atoms with Crippen molar-refractivity contribution in [1.82, 2.24) is 15.2 Å². The minimum absolute atomic E-state index is 0.543. The average Bonchev–Trinajstić information content (AvgIpc) is 3.04. The highest BCUT2D eigenvalue weighted by Crippen LogP contribution is 2.32. The molecule has 20 heavy (non-hydrogen) atoms. The molecule has 0 radical (unpaired) electrons. The third-order valence-corrected chi connectivity index (χ3v) is 4.92. The minimum atomic E-state index is 0.543. The third-order valence-electron chi connectivity index (χ3n) is 2.58. The zero-order chi connectivity index (χ0) is 13.9. The van der Waals surface area contributed by atoms with Crippen LogP contribution in [-0.4, -0.2) is 15.2 Å². The summed E-state index contributed by atoms with van der Waals surface area (Å²) in [5.74, 6) is 1.75. The maximum atomic E-state index is 5.67. The highest BCUT2D eigenvalue weighted by Gasteiger charge is 2.11. The fourth-order valence-corrected chi connectivity index (χ4v) is 3.53. The average molecular weight is 304 g/mol. The van der Waals surface area contributed by atoms with E-state index in [2.05, 4.69) is 15.2 Å². The number of anilines is 1. The molecule has 0 aliphatic heterocycles. The molecule has 7 heteroatoms. The maximum absolute atomic E-state index is 5.67. The smallest absolute Gasteiger partial charge is 0.247 e. The molecule has 3 aromatic rings. The fourth-order valence-electron chi connectivity index (χ4n) is 1.67. The molecule has 102 valence electrons. The molecule has 0 spiro atoms. The first-order chi connectivity index (χ1) is 9.72. The molecule has 0 fully saturated rings. The summed E-state index contributed by atoms with van der Waals surface area (Å²) in [6, 6.07) is 9.72. The molecule has 0 aliphatic rings. The molecule has 5 nitrogen and oxygen atoms in total. The van der Waals surface area contributed by atoms with Crippen molar-refractivity contribution in [3.05, 3.63) is 41.9 Å². The second-order valence-electron chi connectivity index (χ2n) is 4.08. The van der Waals surface area contributed by atoms with E-state index >= 15 is 0 Å². The lowest BCUT2D eigenvalue weighted by Crippen LogP contribution is -1.81.